The van der Waals surface area contributed by atoms with Crippen LogP contribution in [-0.4, -0.2) is 171 Å². The highest BCUT2D eigenvalue weighted by molar-refractivity contribution is 8.18. The van der Waals surface area contributed by atoms with Crippen LogP contribution < -0.4 is 5.46 Å². The second-order valence-corrected chi connectivity index (χ2v) is 13.4. The zero-order chi connectivity index (χ0) is 28.2. The fourth-order valence-electron chi connectivity index (χ4n) is 7.82. The van der Waals surface area contributed by atoms with Crippen molar-refractivity contribution < 1.29 is 0 Å². The summed E-state index contributed by atoms with van der Waals surface area (Å²) in [5.74, 6) is 2.37. The van der Waals surface area contributed by atoms with Crippen LogP contribution in [0.4, 0.5) is 0 Å². The van der Waals surface area contributed by atoms with Crippen molar-refractivity contribution >= 4 is 162 Å². The lowest BCUT2D eigenvalue weighted by Gasteiger charge is -2.44. The smallest absolute Gasteiger partial charge is 0.163 e. The molecule has 0 radical (unpaired) electrons. The van der Waals surface area contributed by atoms with E-state index in [1.807, 2.05) is 13.8 Å². The van der Waals surface area contributed by atoms with Crippen LogP contribution >= 0.6 is 0 Å². The minimum absolute atomic E-state index is 0.477. The zero-order valence-corrected chi connectivity index (χ0v) is 26.6. The van der Waals surface area contributed by atoms with Crippen LogP contribution in [0, 0.1) is 20.8 Å². The van der Waals surface area contributed by atoms with Crippen LogP contribution in [0.25, 0.3) is 11.4 Å². The molecule has 0 aliphatic rings. The molecule has 1 aromatic heterocycles. The van der Waals surface area contributed by atoms with Gasteiger partial charge in [-0.15, -0.1) is 0 Å². The summed E-state index contributed by atoms with van der Waals surface area (Å²) in [6, 6.07) is 7.16. The molecular weight excluding hydrogens is 424 g/mol. The molecule has 0 fully saturated rings. The van der Waals surface area contributed by atoms with E-state index in [2.05, 4.69) is 115 Å². The molecule has 0 bridgehead atoms. The maximum absolute atomic E-state index is 4.75. The van der Waals surface area contributed by atoms with E-state index in [0.717, 1.165) is 23.0 Å². The second kappa shape index (κ2) is 14.3. The normalized spacial score (nSPS) is 10.1. The van der Waals surface area contributed by atoms with Crippen LogP contribution in [0.15, 0.2) is 18.2 Å². The quantitative estimate of drug-likeness (QED) is 0.296. The molecular formula is C12H35B22N3. The first-order valence-electron chi connectivity index (χ1n) is 15.0. The van der Waals surface area contributed by atoms with Crippen molar-refractivity contribution in [3.63, 3.8) is 0 Å². The van der Waals surface area contributed by atoms with Crippen molar-refractivity contribution in [2.75, 3.05) is 0 Å². The van der Waals surface area contributed by atoms with Gasteiger partial charge >= 0.3 is 0 Å². The predicted octanol–water partition coefficient (Wildman–Crippen LogP) is -12.9. The lowest BCUT2D eigenvalue weighted by molar-refractivity contribution is 0.928. The number of hydrogen-bond acceptors (Lipinski definition) is 3. The van der Waals surface area contributed by atoms with Crippen molar-refractivity contribution in [1.82, 2.24) is 15.0 Å². The highest BCUT2D eigenvalue weighted by Gasteiger charge is 2.50. The van der Waals surface area contributed by atoms with Gasteiger partial charge in [-0.25, -0.2) is 15.0 Å². The first kappa shape index (κ1) is 32.9. The Balaban J connectivity index is 2.93. The maximum atomic E-state index is 4.75. The number of rotatable bonds is 12. The van der Waals surface area contributed by atoms with Crippen molar-refractivity contribution in [3.05, 3.63) is 35.4 Å². The van der Waals surface area contributed by atoms with E-state index in [9.17, 15) is 0 Å². The van der Waals surface area contributed by atoms with Gasteiger partial charge in [0.2, 0.25) is 0 Å². The molecule has 164 valence electrons. The molecule has 0 N–H and O–H groups in total. The highest BCUT2D eigenvalue weighted by Crippen LogP contribution is 2.18. The van der Waals surface area contributed by atoms with Crippen molar-refractivity contribution in [3.8, 4) is 11.4 Å². The molecule has 0 saturated carbocycles. The largest absolute Gasteiger partial charge is 0.219 e. The Morgan fingerprint density at radius 2 is 1.08 bits per heavy atom. The van der Waals surface area contributed by atoms with Gasteiger partial charge in [0, 0.05) is 70.1 Å². The molecule has 25 heteroatoms. The minimum atomic E-state index is 0.477. The summed E-state index contributed by atoms with van der Waals surface area (Å²) in [7, 11) is 28.2. The summed E-state index contributed by atoms with van der Waals surface area (Å²) in [5.41, 5.74) is 3.90. The average Bonchev–Trinajstić information content (AvgIpc) is 2.74. The van der Waals surface area contributed by atoms with Crippen LogP contribution in [0.2, 0.25) is 0 Å². The number of hydrogen-bond donors (Lipinski definition) is 0. The van der Waals surface area contributed by atoms with Crippen LogP contribution in [0.1, 0.15) is 17.2 Å². The average molecular weight is 459 g/mol. The molecule has 3 nitrogen and oxygen atoms in total. The van der Waals surface area contributed by atoms with Gasteiger partial charge in [0.05, 0.1) is 91.6 Å². The third-order valence-electron chi connectivity index (χ3n) is 8.78. The zero-order valence-electron chi connectivity index (χ0n) is 26.6. The predicted molar refractivity (Wildman–Crippen MR) is 218 cm³/mol. The molecule has 0 saturated heterocycles. The Morgan fingerprint density at radius 1 is 0.595 bits per heavy atom. The first-order valence-corrected chi connectivity index (χ1v) is 15.0. The molecule has 2 aromatic rings. The van der Waals surface area contributed by atoms with E-state index in [-0.39, 0.29) is 0 Å². The van der Waals surface area contributed by atoms with E-state index in [4.69, 9.17) is 9.97 Å². The van der Waals surface area contributed by atoms with Gasteiger partial charge in [-0.2, -0.15) is 0 Å². The van der Waals surface area contributed by atoms with Crippen molar-refractivity contribution in [2.45, 2.75) is 20.8 Å². The third-order valence-corrected chi connectivity index (χ3v) is 8.78. The fourth-order valence-corrected chi connectivity index (χ4v) is 7.82. The van der Waals surface area contributed by atoms with Gasteiger partial charge in [-0.05, 0) is 26.8 Å². The SMILES string of the molecule is BBB(B(B)B)B(B(B(B)B)B(B)B)B(B(B(B)B)B(B)B)c1cc(C)cc(-c2nc(C)nc(C)n2)c1. The molecule has 0 aliphatic carbocycles. The monoisotopic (exact) mass is 463 g/mol. The lowest BCUT2D eigenvalue weighted by atomic mass is 8.39. The van der Waals surface area contributed by atoms with E-state index >= 15 is 0 Å². The molecule has 2 rings (SSSR count). The highest BCUT2D eigenvalue weighted by atomic mass is 15.0. The second-order valence-electron chi connectivity index (χ2n) is 13.4. The number of aryl methyl sites for hydroxylation is 3. The molecule has 1 aromatic carbocycles. The lowest BCUT2D eigenvalue weighted by Crippen LogP contribution is -2.84. The summed E-state index contributed by atoms with van der Waals surface area (Å²) >= 11 is 0. The number of benzene rings is 1. The van der Waals surface area contributed by atoms with Crippen molar-refractivity contribution in [1.29, 1.82) is 0 Å². The van der Waals surface area contributed by atoms with Gasteiger partial charge in [-0.3, -0.25) is 0 Å². The van der Waals surface area contributed by atoms with Gasteiger partial charge in [0.15, 0.2) is 5.82 Å². The third kappa shape index (κ3) is 8.33. The van der Waals surface area contributed by atoms with Gasteiger partial charge < -0.3 is 0 Å². The molecule has 0 spiro atoms. The van der Waals surface area contributed by atoms with E-state index in [1.54, 1.807) is 0 Å². The standard InChI is InChI=1S/C12H35B22N3/c1-7-4-10(12-36-8(2)35-9(3)37-12)6-11(5-7)25(32(27(16)17)28(18)19)33(31(24-13)26(14)15)34(29(20)21)30(22)23/h4-6,24H,13-23H2,1-3H3. The van der Waals surface area contributed by atoms with Crippen LogP contribution in [-0.2, 0) is 0 Å². The number of nitrogens with zero attached hydrogens (tertiary/aromatic N) is 3. The Hall–Kier alpha value is -0.341. The fraction of sp³-hybridized carbons (Fsp3) is 0.250. The van der Waals surface area contributed by atoms with Gasteiger partial charge in [0.25, 0.3) is 0 Å². The molecule has 0 amide bonds. The molecule has 37 heavy (non-hydrogen) atoms. The summed E-state index contributed by atoms with van der Waals surface area (Å²) in [4.78, 5) is 13.9. The summed E-state index contributed by atoms with van der Waals surface area (Å²) in [5, 5.41) is 0. The van der Waals surface area contributed by atoms with Gasteiger partial charge in [-0.1, -0.05) is 23.2 Å². The van der Waals surface area contributed by atoms with Crippen LogP contribution in [0.5, 0.6) is 0 Å². The Labute approximate surface area is 243 Å². The Kier molecular flexibility index (Phi) is 12.7. The summed E-state index contributed by atoms with van der Waals surface area (Å²) < 4.78 is 0. The molecule has 0 unspecified atom stereocenters. The summed E-state index contributed by atoms with van der Waals surface area (Å²) in [6.07, 6.45) is 5.65. The number of aromatic nitrogens is 3. The first-order chi connectivity index (χ1) is 17.2. The molecule has 0 aliphatic heterocycles. The Morgan fingerprint density at radius 3 is 1.49 bits per heavy atom. The molecule has 1 heterocycles. The maximum Gasteiger partial charge on any atom is 0.163 e. The van der Waals surface area contributed by atoms with E-state index < -0.39 is 0 Å². The van der Waals surface area contributed by atoms with E-state index in [1.165, 1.54) is 18.1 Å². The van der Waals surface area contributed by atoms with Crippen LogP contribution in [0.3, 0.4) is 0 Å². The van der Waals surface area contributed by atoms with Gasteiger partial charge in [0.1, 0.15) is 11.6 Å². The summed E-state index contributed by atoms with van der Waals surface area (Å²) in [6.45, 7) is 6.64. The topological polar surface area (TPSA) is 38.7 Å². The Bertz CT molecular complexity index is 984. The minimum Gasteiger partial charge on any atom is -0.219 e. The van der Waals surface area contributed by atoms with E-state index in [0.29, 0.717) is 64.0 Å². The van der Waals surface area contributed by atoms with Crippen molar-refractivity contribution in [2.24, 2.45) is 0 Å². The molecule has 0 atom stereocenters.